The number of fused-ring (bicyclic) bond motifs is 1. The van der Waals surface area contributed by atoms with Crippen LogP contribution in [-0.4, -0.2) is 61.9 Å². The number of nitrogens with zero attached hydrogens (tertiary/aromatic N) is 2. The molecule has 0 bridgehead atoms. The molecule has 3 rings (SSSR count). The number of thiophene rings is 1. The molecule has 0 spiro atoms. The molecule has 1 aromatic carbocycles. The lowest BCUT2D eigenvalue weighted by Crippen LogP contribution is -2.45. The van der Waals surface area contributed by atoms with E-state index in [-0.39, 0.29) is 6.04 Å². The molecule has 2 heterocycles. The summed E-state index contributed by atoms with van der Waals surface area (Å²) in [5.41, 5.74) is 2.74. The van der Waals surface area contributed by atoms with Crippen LogP contribution in [0.5, 0.6) is 0 Å². The van der Waals surface area contributed by atoms with Crippen molar-refractivity contribution in [3.8, 4) is 0 Å². The van der Waals surface area contributed by atoms with Gasteiger partial charge < -0.3 is 15.5 Å². The average Bonchev–Trinajstić information content (AvgIpc) is 3.25. The van der Waals surface area contributed by atoms with Crippen molar-refractivity contribution in [2.45, 2.75) is 25.4 Å². The molecule has 156 valence electrons. The first-order chi connectivity index (χ1) is 14.0. The van der Waals surface area contributed by atoms with Crippen LogP contribution in [0.15, 0.2) is 41.8 Å². The maximum absolute atomic E-state index is 12.3. The van der Waals surface area contributed by atoms with Gasteiger partial charge >= 0.3 is 11.8 Å². The fourth-order valence-corrected chi connectivity index (χ4v) is 4.48. The number of rotatable bonds is 8. The van der Waals surface area contributed by atoms with E-state index in [1.54, 1.807) is 11.3 Å². The van der Waals surface area contributed by atoms with Crippen LogP contribution in [-0.2, 0) is 22.6 Å². The first-order valence-electron chi connectivity index (χ1n) is 10.1. The summed E-state index contributed by atoms with van der Waals surface area (Å²) in [4.78, 5) is 30.0. The van der Waals surface area contributed by atoms with Crippen molar-refractivity contribution in [3.05, 3.63) is 57.8 Å². The van der Waals surface area contributed by atoms with Gasteiger partial charge in [0, 0.05) is 31.1 Å². The fraction of sp³-hybridized carbons (Fsp3) is 0.455. The van der Waals surface area contributed by atoms with Gasteiger partial charge in [-0.1, -0.05) is 30.3 Å². The minimum Gasteiger partial charge on any atom is -0.348 e. The zero-order valence-corrected chi connectivity index (χ0v) is 18.0. The van der Waals surface area contributed by atoms with Gasteiger partial charge in [-0.3, -0.25) is 14.5 Å². The third-order valence-corrected chi connectivity index (χ3v) is 6.18. The van der Waals surface area contributed by atoms with Gasteiger partial charge in [0.1, 0.15) is 0 Å². The first-order valence-corrected chi connectivity index (χ1v) is 11.0. The number of nitrogens with one attached hydrogen (secondary N) is 2. The Labute approximate surface area is 176 Å². The maximum atomic E-state index is 12.3. The van der Waals surface area contributed by atoms with E-state index in [1.807, 2.05) is 20.2 Å². The molecule has 0 saturated heterocycles. The Balaban J connectivity index is 1.56. The quantitative estimate of drug-likeness (QED) is 0.513. The second-order valence-corrected chi connectivity index (χ2v) is 8.62. The van der Waals surface area contributed by atoms with Crippen LogP contribution < -0.4 is 10.6 Å². The smallest absolute Gasteiger partial charge is 0.309 e. The van der Waals surface area contributed by atoms with Crippen LogP contribution >= 0.6 is 11.3 Å². The average molecular weight is 415 g/mol. The molecule has 6 nitrogen and oxygen atoms in total. The number of hydrogen-bond donors (Lipinski definition) is 2. The summed E-state index contributed by atoms with van der Waals surface area (Å²) in [6.45, 7) is 3.59. The highest BCUT2D eigenvalue weighted by Gasteiger charge is 2.26. The highest BCUT2D eigenvalue weighted by Crippen LogP contribution is 2.29. The summed E-state index contributed by atoms with van der Waals surface area (Å²) in [7, 11) is 3.97. The molecule has 0 saturated carbocycles. The Morgan fingerprint density at radius 1 is 1.10 bits per heavy atom. The second-order valence-electron chi connectivity index (χ2n) is 7.64. The van der Waals surface area contributed by atoms with Crippen LogP contribution in [0, 0.1) is 0 Å². The minimum absolute atomic E-state index is 0.0637. The molecule has 2 amide bonds. The second kappa shape index (κ2) is 10.5. The first kappa shape index (κ1) is 21.5. The molecule has 0 fully saturated rings. The van der Waals surface area contributed by atoms with Gasteiger partial charge in [0.25, 0.3) is 0 Å². The van der Waals surface area contributed by atoms with E-state index >= 15 is 0 Å². The van der Waals surface area contributed by atoms with Gasteiger partial charge in [-0.2, -0.15) is 0 Å². The van der Waals surface area contributed by atoms with Crippen molar-refractivity contribution in [1.29, 1.82) is 0 Å². The lowest BCUT2D eigenvalue weighted by Gasteiger charge is -2.35. The van der Waals surface area contributed by atoms with Crippen molar-refractivity contribution in [2.75, 3.05) is 40.3 Å². The molecule has 0 radical (unpaired) electrons. The van der Waals surface area contributed by atoms with E-state index in [4.69, 9.17) is 0 Å². The monoisotopic (exact) mass is 414 g/mol. The highest BCUT2D eigenvalue weighted by atomic mass is 32.1. The molecule has 0 aliphatic carbocycles. The molecule has 29 heavy (non-hydrogen) atoms. The zero-order valence-electron chi connectivity index (χ0n) is 17.2. The molecule has 1 aromatic heterocycles. The van der Waals surface area contributed by atoms with Crippen LogP contribution in [0.1, 0.15) is 28.5 Å². The van der Waals surface area contributed by atoms with Crippen LogP contribution in [0.4, 0.5) is 0 Å². The molecule has 1 aliphatic heterocycles. The van der Waals surface area contributed by atoms with Gasteiger partial charge in [0.2, 0.25) is 0 Å². The number of carbonyl (C=O) groups is 2. The standard InChI is InChI=1S/C22H30N4O2S/c1-25(2)12-6-11-23-21(27)22(28)24-15-19(20-9-5-14-29-20)26-13-10-17-7-3-4-8-18(17)16-26/h3-5,7-9,14,19H,6,10-13,15-16H2,1-2H3,(H,23,27)(H,24,28)/t19-/m1/s1. The number of hydrogen-bond acceptors (Lipinski definition) is 5. The van der Waals surface area contributed by atoms with E-state index in [9.17, 15) is 9.59 Å². The van der Waals surface area contributed by atoms with E-state index in [1.165, 1.54) is 16.0 Å². The van der Waals surface area contributed by atoms with Crippen LogP contribution in [0.25, 0.3) is 0 Å². The van der Waals surface area contributed by atoms with Gasteiger partial charge in [0.05, 0.1) is 6.04 Å². The van der Waals surface area contributed by atoms with E-state index in [2.05, 4.69) is 56.1 Å². The molecule has 2 N–H and O–H groups in total. The predicted octanol–water partition coefficient (Wildman–Crippen LogP) is 2.03. The molecule has 7 heteroatoms. The van der Waals surface area contributed by atoms with Crippen molar-refractivity contribution in [3.63, 3.8) is 0 Å². The highest BCUT2D eigenvalue weighted by molar-refractivity contribution is 7.10. The summed E-state index contributed by atoms with van der Waals surface area (Å²) in [6.07, 6.45) is 1.81. The molecular weight excluding hydrogens is 384 g/mol. The minimum atomic E-state index is -0.561. The lowest BCUT2D eigenvalue weighted by atomic mass is 9.98. The number of benzene rings is 1. The molecule has 1 aliphatic rings. The van der Waals surface area contributed by atoms with E-state index in [0.717, 1.165) is 32.5 Å². The largest absolute Gasteiger partial charge is 0.348 e. The Hall–Kier alpha value is -2.22. The van der Waals surface area contributed by atoms with Gasteiger partial charge in [0.15, 0.2) is 0 Å². The summed E-state index contributed by atoms with van der Waals surface area (Å²) < 4.78 is 0. The summed E-state index contributed by atoms with van der Waals surface area (Å²) >= 11 is 1.69. The lowest BCUT2D eigenvalue weighted by molar-refractivity contribution is -0.139. The van der Waals surface area contributed by atoms with Crippen molar-refractivity contribution in [2.24, 2.45) is 0 Å². The number of carbonyl (C=O) groups excluding carboxylic acids is 2. The molecule has 2 aromatic rings. The van der Waals surface area contributed by atoms with Crippen molar-refractivity contribution in [1.82, 2.24) is 20.4 Å². The van der Waals surface area contributed by atoms with Gasteiger partial charge in [-0.15, -0.1) is 11.3 Å². The molecule has 1 atom stereocenters. The van der Waals surface area contributed by atoms with Gasteiger partial charge in [-0.05, 0) is 56.1 Å². The SMILES string of the molecule is CN(C)CCCNC(=O)C(=O)NC[C@H](c1cccs1)N1CCc2ccccc2C1. The summed E-state index contributed by atoms with van der Waals surface area (Å²) in [5.74, 6) is -1.12. The topological polar surface area (TPSA) is 64.7 Å². The summed E-state index contributed by atoms with van der Waals surface area (Å²) in [5, 5.41) is 7.60. The number of amides is 2. The predicted molar refractivity (Wildman–Crippen MR) is 117 cm³/mol. The molecule has 0 unspecified atom stereocenters. The third kappa shape index (κ3) is 6.13. The Morgan fingerprint density at radius 3 is 2.59 bits per heavy atom. The van der Waals surface area contributed by atoms with Crippen molar-refractivity contribution < 1.29 is 9.59 Å². The third-order valence-electron chi connectivity index (χ3n) is 5.20. The van der Waals surface area contributed by atoms with Crippen LogP contribution in [0.3, 0.4) is 0 Å². The Kier molecular flexibility index (Phi) is 7.80. The van der Waals surface area contributed by atoms with E-state index in [0.29, 0.717) is 13.1 Å². The zero-order chi connectivity index (χ0) is 20.6. The normalized spacial score (nSPS) is 15.0. The van der Waals surface area contributed by atoms with Crippen LogP contribution in [0.2, 0.25) is 0 Å². The van der Waals surface area contributed by atoms with Gasteiger partial charge in [-0.25, -0.2) is 0 Å². The maximum Gasteiger partial charge on any atom is 0.309 e. The Morgan fingerprint density at radius 2 is 1.86 bits per heavy atom. The summed E-state index contributed by atoms with van der Waals surface area (Å²) in [6, 6.07) is 12.7. The Bertz CT molecular complexity index is 807. The fourth-order valence-electron chi connectivity index (χ4n) is 3.62. The van der Waals surface area contributed by atoms with Crippen molar-refractivity contribution >= 4 is 23.2 Å². The van der Waals surface area contributed by atoms with E-state index < -0.39 is 11.8 Å². The molecular formula is C22H30N4O2S.